The lowest BCUT2D eigenvalue weighted by Gasteiger charge is -2.33. The summed E-state index contributed by atoms with van der Waals surface area (Å²) in [6, 6.07) is 0.152. The molecule has 6 heteroatoms. The maximum Gasteiger partial charge on any atom is 0.211 e. The summed E-state index contributed by atoms with van der Waals surface area (Å²) in [5.41, 5.74) is 0. The van der Waals surface area contributed by atoms with E-state index in [1.807, 2.05) is 0 Å². The van der Waals surface area contributed by atoms with Crippen molar-refractivity contribution in [2.75, 3.05) is 40.0 Å². The molecule has 0 aliphatic heterocycles. The molecular formula is C20H42N2O3S. The van der Waals surface area contributed by atoms with Crippen molar-refractivity contribution < 1.29 is 13.2 Å². The quantitative estimate of drug-likeness (QED) is 0.422. The highest BCUT2D eigenvalue weighted by Crippen LogP contribution is 2.25. The highest BCUT2D eigenvalue weighted by atomic mass is 32.2. The molecule has 0 saturated heterocycles. The smallest absolute Gasteiger partial charge is 0.211 e. The standard InChI is InChI=1S/C20H42N2O3S/c1-5-6-9-16-21(2)17-10-7-8-11-18-25-20-14-12-19(13-15-20)22(3)26(4,23)24/h19-20H,5-18H2,1-4H3/t19-,20-. The van der Waals surface area contributed by atoms with Gasteiger partial charge >= 0.3 is 0 Å². The van der Waals surface area contributed by atoms with Crippen LogP contribution in [0.15, 0.2) is 0 Å². The van der Waals surface area contributed by atoms with Gasteiger partial charge < -0.3 is 9.64 Å². The van der Waals surface area contributed by atoms with E-state index in [9.17, 15) is 8.42 Å². The third kappa shape index (κ3) is 10.2. The van der Waals surface area contributed by atoms with E-state index in [4.69, 9.17) is 4.74 Å². The molecule has 0 radical (unpaired) electrons. The second kappa shape index (κ2) is 13.1. The Kier molecular flexibility index (Phi) is 12.0. The maximum absolute atomic E-state index is 11.6. The van der Waals surface area contributed by atoms with Gasteiger partial charge in [-0.15, -0.1) is 0 Å². The lowest BCUT2D eigenvalue weighted by atomic mass is 9.93. The lowest BCUT2D eigenvalue weighted by molar-refractivity contribution is 0.0157. The van der Waals surface area contributed by atoms with Crippen molar-refractivity contribution in [3.05, 3.63) is 0 Å². The monoisotopic (exact) mass is 390 g/mol. The van der Waals surface area contributed by atoms with Crippen LogP contribution in [0.1, 0.15) is 77.6 Å². The summed E-state index contributed by atoms with van der Waals surface area (Å²) < 4.78 is 30.8. The third-order valence-corrected chi connectivity index (χ3v) is 6.96. The van der Waals surface area contributed by atoms with Crippen molar-refractivity contribution in [1.29, 1.82) is 0 Å². The Labute approximate surface area is 162 Å². The van der Waals surface area contributed by atoms with Crippen LogP contribution in [0.5, 0.6) is 0 Å². The molecule has 5 nitrogen and oxygen atoms in total. The van der Waals surface area contributed by atoms with Gasteiger partial charge in [0.15, 0.2) is 0 Å². The molecule has 0 amide bonds. The van der Waals surface area contributed by atoms with Gasteiger partial charge in [0.1, 0.15) is 0 Å². The van der Waals surface area contributed by atoms with Gasteiger partial charge in [-0.05, 0) is 65.1 Å². The van der Waals surface area contributed by atoms with Crippen molar-refractivity contribution in [3.8, 4) is 0 Å². The Hall–Kier alpha value is -0.170. The molecule has 0 aromatic rings. The predicted octanol–water partition coefficient (Wildman–Crippen LogP) is 3.89. The number of sulfonamides is 1. The number of ether oxygens (including phenoxy) is 1. The molecule has 0 bridgehead atoms. The molecule has 0 aromatic carbocycles. The van der Waals surface area contributed by atoms with Gasteiger partial charge in [-0.3, -0.25) is 0 Å². The molecule has 1 saturated carbocycles. The Morgan fingerprint density at radius 3 is 2.04 bits per heavy atom. The SMILES string of the molecule is CCCCCN(C)CCCCCCO[C@H]1CC[C@H](N(C)S(C)(=O)=O)CC1. The van der Waals surface area contributed by atoms with Crippen molar-refractivity contribution in [1.82, 2.24) is 9.21 Å². The zero-order chi connectivity index (χ0) is 19.4. The lowest BCUT2D eigenvalue weighted by Crippen LogP contribution is -2.40. The van der Waals surface area contributed by atoms with Crippen LogP contribution in [0.4, 0.5) is 0 Å². The van der Waals surface area contributed by atoms with Crippen LogP contribution in [0.25, 0.3) is 0 Å². The first-order valence-electron chi connectivity index (χ1n) is 10.6. The van der Waals surface area contributed by atoms with E-state index in [0.717, 1.165) is 38.7 Å². The van der Waals surface area contributed by atoms with E-state index in [0.29, 0.717) is 6.10 Å². The minimum absolute atomic E-state index is 0.152. The minimum Gasteiger partial charge on any atom is -0.378 e. The van der Waals surface area contributed by atoms with E-state index in [2.05, 4.69) is 18.9 Å². The zero-order valence-corrected chi connectivity index (χ0v) is 18.4. The van der Waals surface area contributed by atoms with Crippen LogP contribution < -0.4 is 0 Å². The van der Waals surface area contributed by atoms with Gasteiger partial charge in [-0.1, -0.05) is 32.6 Å². The Bertz CT molecular complexity index is 448. The van der Waals surface area contributed by atoms with E-state index < -0.39 is 10.0 Å². The zero-order valence-electron chi connectivity index (χ0n) is 17.6. The molecule has 26 heavy (non-hydrogen) atoms. The molecule has 0 atom stereocenters. The minimum atomic E-state index is -3.07. The van der Waals surface area contributed by atoms with E-state index >= 15 is 0 Å². The normalized spacial score (nSPS) is 21.6. The highest BCUT2D eigenvalue weighted by molar-refractivity contribution is 7.88. The van der Waals surface area contributed by atoms with Crippen LogP contribution in [-0.2, 0) is 14.8 Å². The Balaban J connectivity index is 1.98. The maximum atomic E-state index is 11.6. The fourth-order valence-corrected chi connectivity index (χ4v) is 4.43. The number of unbranched alkanes of at least 4 members (excludes halogenated alkanes) is 5. The van der Waals surface area contributed by atoms with Crippen LogP contribution in [-0.4, -0.2) is 69.8 Å². The van der Waals surface area contributed by atoms with Crippen molar-refractivity contribution in [2.24, 2.45) is 0 Å². The van der Waals surface area contributed by atoms with Crippen LogP contribution in [0.2, 0.25) is 0 Å². The first-order valence-corrected chi connectivity index (χ1v) is 12.4. The van der Waals surface area contributed by atoms with Gasteiger partial charge in [0, 0.05) is 19.7 Å². The van der Waals surface area contributed by atoms with Gasteiger partial charge in [0.05, 0.1) is 12.4 Å². The fraction of sp³-hybridized carbons (Fsp3) is 1.00. The van der Waals surface area contributed by atoms with Crippen molar-refractivity contribution in [3.63, 3.8) is 0 Å². The number of rotatable bonds is 14. The topological polar surface area (TPSA) is 49.9 Å². The average Bonchev–Trinajstić information content (AvgIpc) is 2.60. The largest absolute Gasteiger partial charge is 0.378 e. The summed E-state index contributed by atoms with van der Waals surface area (Å²) >= 11 is 0. The van der Waals surface area contributed by atoms with Crippen LogP contribution in [0, 0.1) is 0 Å². The molecule has 156 valence electrons. The number of hydrogen-bond donors (Lipinski definition) is 0. The van der Waals surface area contributed by atoms with Crippen LogP contribution in [0.3, 0.4) is 0 Å². The molecule has 0 N–H and O–H groups in total. The van der Waals surface area contributed by atoms with Crippen molar-refractivity contribution in [2.45, 2.75) is 89.7 Å². The summed E-state index contributed by atoms with van der Waals surface area (Å²) in [7, 11) is 0.856. The molecule has 1 fully saturated rings. The van der Waals surface area contributed by atoms with Crippen LogP contribution >= 0.6 is 0 Å². The highest BCUT2D eigenvalue weighted by Gasteiger charge is 2.28. The number of nitrogens with zero attached hydrogens (tertiary/aromatic N) is 2. The molecule has 0 heterocycles. The first kappa shape index (κ1) is 23.9. The first-order chi connectivity index (χ1) is 12.3. The van der Waals surface area contributed by atoms with E-state index in [1.54, 1.807) is 7.05 Å². The summed E-state index contributed by atoms with van der Waals surface area (Å²) in [6.45, 7) is 5.54. The molecular weight excluding hydrogens is 348 g/mol. The second-order valence-corrected chi connectivity index (χ2v) is 10.0. The summed E-state index contributed by atoms with van der Waals surface area (Å²) in [4.78, 5) is 2.46. The van der Waals surface area contributed by atoms with Gasteiger partial charge in [-0.2, -0.15) is 0 Å². The van der Waals surface area contributed by atoms with Crippen molar-refractivity contribution >= 4 is 10.0 Å². The molecule has 0 aromatic heterocycles. The summed E-state index contributed by atoms with van der Waals surface area (Å²) in [6.07, 6.45) is 14.3. The fourth-order valence-electron chi connectivity index (χ4n) is 3.68. The van der Waals surface area contributed by atoms with Gasteiger partial charge in [-0.25, -0.2) is 12.7 Å². The molecule has 1 aliphatic rings. The molecule has 1 aliphatic carbocycles. The Morgan fingerprint density at radius 1 is 0.885 bits per heavy atom. The molecule has 0 unspecified atom stereocenters. The predicted molar refractivity (Wildman–Crippen MR) is 110 cm³/mol. The third-order valence-electron chi connectivity index (χ3n) is 5.61. The number of hydrogen-bond acceptors (Lipinski definition) is 4. The average molecular weight is 391 g/mol. The van der Waals surface area contributed by atoms with Gasteiger partial charge in [0.2, 0.25) is 10.0 Å². The van der Waals surface area contributed by atoms with E-state index in [-0.39, 0.29) is 6.04 Å². The second-order valence-electron chi connectivity index (χ2n) is 8.01. The summed E-state index contributed by atoms with van der Waals surface area (Å²) in [5.74, 6) is 0. The Morgan fingerprint density at radius 2 is 1.46 bits per heavy atom. The molecule has 1 rings (SSSR count). The van der Waals surface area contributed by atoms with Gasteiger partial charge in [0.25, 0.3) is 0 Å². The molecule has 0 spiro atoms. The van der Waals surface area contributed by atoms with E-state index in [1.165, 1.54) is 62.2 Å². The summed E-state index contributed by atoms with van der Waals surface area (Å²) in [5, 5.41) is 0.